The van der Waals surface area contributed by atoms with Crippen molar-refractivity contribution in [3.05, 3.63) is 23.9 Å². The quantitative estimate of drug-likeness (QED) is 0.598. The lowest BCUT2D eigenvalue weighted by Gasteiger charge is -2.18. The van der Waals surface area contributed by atoms with E-state index in [9.17, 15) is 0 Å². The Morgan fingerprint density at radius 3 is 2.93 bits per heavy atom. The van der Waals surface area contributed by atoms with Gasteiger partial charge in [-0.05, 0) is 32.5 Å². The SMILES string of the molecule is CCCN(C)CCNC1=CCC(I)C=C1. The van der Waals surface area contributed by atoms with Crippen molar-refractivity contribution in [3.8, 4) is 0 Å². The molecule has 0 aromatic heterocycles. The Kier molecular flexibility index (Phi) is 6.32. The summed E-state index contributed by atoms with van der Waals surface area (Å²) in [5.74, 6) is 0. The van der Waals surface area contributed by atoms with Gasteiger partial charge in [-0.2, -0.15) is 0 Å². The zero-order chi connectivity index (χ0) is 11.1. The fourth-order valence-corrected chi connectivity index (χ4v) is 2.07. The Hall–Kier alpha value is -0.0300. The summed E-state index contributed by atoms with van der Waals surface area (Å²) in [5, 5.41) is 3.46. The van der Waals surface area contributed by atoms with Crippen LogP contribution in [0.15, 0.2) is 23.9 Å². The van der Waals surface area contributed by atoms with Crippen LogP contribution >= 0.6 is 22.6 Å². The third-order valence-electron chi connectivity index (χ3n) is 2.48. The van der Waals surface area contributed by atoms with Crippen molar-refractivity contribution in [2.45, 2.75) is 23.7 Å². The largest absolute Gasteiger partial charge is 0.384 e. The van der Waals surface area contributed by atoms with Gasteiger partial charge in [0, 0.05) is 22.7 Å². The molecule has 0 heterocycles. The molecule has 1 unspecified atom stereocenters. The average molecular weight is 320 g/mol. The van der Waals surface area contributed by atoms with Crippen LogP contribution < -0.4 is 5.32 Å². The smallest absolute Gasteiger partial charge is 0.0328 e. The van der Waals surface area contributed by atoms with Crippen molar-refractivity contribution in [2.24, 2.45) is 0 Å². The van der Waals surface area contributed by atoms with E-state index in [1.54, 1.807) is 0 Å². The minimum atomic E-state index is 0.677. The molecular formula is C12H21IN2. The highest BCUT2D eigenvalue weighted by molar-refractivity contribution is 14.1. The van der Waals surface area contributed by atoms with E-state index in [2.05, 4.69) is 65.0 Å². The summed E-state index contributed by atoms with van der Waals surface area (Å²) >= 11 is 2.46. The van der Waals surface area contributed by atoms with Gasteiger partial charge in [0.1, 0.15) is 0 Å². The van der Waals surface area contributed by atoms with Gasteiger partial charge < -0.3 is 10.2 Å². The standard InChI is InChI=1S/C12H21IN2/c1-3-9-15(2)10-8-14-12-6-4-11(13)5-7-12/h4,6-7,11,14H,3,5,8-10H2,1-2H3. The molecule has 1 N–H and O–H groups in total. The topological polar surface area (TPSA) is 15.3 Å². The zero-order valence-electron chi connectivity index (χ0n) is 9.67. The van der Waals surface area contributed by atoms with Crippen molar-refractivity contribution in [1.82, 2.24) is 10.2 Å². The zero-order valence-corrected chi connectivity index (χ0v) is 11.8. The van der Waals surface area contributed by atoms with Crippen LogP contribution in [0.2, 0.25) is 0 Å². The molecule has 1 atom stereocenters. The van der Waals surface area contributed by atoms with E-state index in [0.29, 0.717) is 3.92 Å². The first-order chi connectivity index (χ1) is 7.22. The van der Waals surface area contributed by atoms with Gasteiger partial charge >= 0.3 is 0 Å². The number of halogens is 1. The van der Waals surface area contributed by atoms with Crippen LogP contribution in [0.3, 0.4) is 0 Å². The molecule has 0 spiro atoms. The molecule has 0 aromatic rings. The van der Waals surface area contributed by atoms with Gasteiger partial charge in [-0.1, -0.05) is 41.7 Å². The highest BCUT2D eigenvalue weighted by atomic mass is 127. The first-order valence-electron chi connectivity index (χ1n) is 5.67. The number of rotatable bonds is 6. The van der Waals surface area contributed by atoms with Crippen molar-refractivity contribution in [1.29, 1.82) is 0 Å². The van der Waals surface area contributed by atoms with Crippen LogP contribution in [-0.4, -0.2) is 35.5 Å². The molecule has 1 rings (SSSR count). The number of hydrogen-bond donors (Lipinski definition) is 1. The first-order valence-corrected chi connectivity index (χ1v) is 6.91. The Bertz CT molecular complexity index is 236. The fraction of sp³-hybridized carbons (Fsp3) is 0.667. The molecular weight excluding hydrogens is 299 g/mol. The molecule has 0 saturated heterocycles. The van der Waals surface area contributed by atoms with Crippen molar-refractivity contribution >= 4 is 22.6 Å². The van der Waals surface area contributed by atoms with Crippen LogP contribution in [0, 0.1) is 0 Å². The molecule has 1 aliphatic carbocycles. The molecule has 0 saturated carbocycles. The van der Waals surface area contributed by atoms with Gasteiger partial charge in [0.25, 0.3) is 0 Å². The van der Waals surface area contributed by atoms with Gasteiger partial charge in [-0.25, -0.2) is 0 Å². The maximum Gasteiger partial charge on any atom is 0.0328 e. The molecule has 3 heteroatoms. The van der Waals surface area contributed by atoms with Gasteiger partial charge in [0.15, 0.2) is 0 Å². The Labute approximate surface area is 107 Å². The Morgan fingerprint density at radius 2 is 2.33 bits per heavy atom. The van der Waals surface area contributed by atoms with E-state index in [-0.39, 0.29) is 0 Å². The second-order valence-corrected chi connectivity index (χ2v) is 5.60. The summed E-state index contributed by atoms with van der Waals surface area (Å²) in [5.41, 5.74) is 1.29. The third-order valence-corrected chi connectivity index (χ3v) is 3.40. The summed E-state index contributed by atoms with van der Waals surface area (Å²) in [6.07, 6.45) is 9.13. The van der Waals surface area contributed by atoms with Gasteiger partial charge in [0.2, 0.25) is 0 Å². The summed E-state index contributed by atoms with van der Waals surface area (Å²) < 4.78 is 0.677. The summed E-state index contributed by atoms with van der Waals surface area (Å²) in [6.45, 7) is 5.56. The fourth-order valence-electron chi connectivity index (χ4n) is 1.61. The first kappa shape index (κ1) is 13.0. The molecule has 0 bridgehead atoms. The minimum Gasteiger partial charge on any atom is -0.384 e. The van der Waals surface area contributed by atoms with E-state index in [0.717, 1.165) is 19.5 Å². The average Bonchev–Trinajstić information content (AvgIpc) is 2.21. The predicted octanol–water partition coefficient (Wildman–Crippen LogP) is 2.57. The molecule has 1 aliphatic rings. The third kappa shape index (κ3) is 5.56. The molecule has 0 fully saturated rings. The van der Waals surface area contributed by atoms with Crippen molar-refractivity contribution in [2.75, 3.05) is 26.7 Å². The van der Waals surface area contributed by atoms with E-state index >= 15 is 0 Å². The number of hydrogen-bond acceptors (Lipinski definition) is 2. The summed E-state index contributed by atoms with van der Waals surface area (Å²) in [6, 6.07) is 0. The Morgan fingerprint density at radius 1 is 1.53 bits per heavy atom. The van der Waals surface area contributed by atoms with E-state index in [1.165, 1.54) is 18.7 Å². The monoisotopic (exact) mass is 320 g/mol. The summed E-state index contributed by atoms with van der Waals surface area (Å²) in [4.78, 5) is 2.36. The predicted molar refractivity (Wildman–Crippen MR) is 75.4 cm³/mol. The van der Waals surface area contributed by atoms with E-state index in [4.69, 9.17) is 0 Å². The van der Waals surface area contributed by atoms with Crippen LogP contribution in [0.4, 0.5) is 0 Å². The van der Waals surface area contributed by atoms with Crippen LogP contribution in [0.1, 0.15) is 19.8 Å². The lowest BCUT2D eigenvalue weighted by atomic mass is 10.1. The second kappa shape index (κ2) is 7.28. The molecule has 0 radical (unpaired) electrons. The second-order valence-electron chi connectivity index (χ2n) is 4.00. The maximum atomic E-state index is 3.46. The van der Waals surface area contributed by atoms with Gasteiger partial charge in [-0.15, -0.1) is 0 Å². The minimum absolute atomic E-state index is 0.677. The lowest BCUT2D eigenvalue weighted by Crippen LogP contribution is -2.29. The molecule has 0 aliphatic heterocycles. The van der Waals surface area contributed by atoms with Gasteiger partial charge in [-0.3, -0.25) is 0 Å². The summed E-state index contributed by atoms with van der Waals surface area (Å²) in [7, 11) is 2.18. The Balaban J connectivity index is 2.13. The molecule has 0 aromatic carbocycles. The number of allylic oxidation sites excluding steroid dienone is 3. The number of nitrogens with zero attached hydrogens (tertiary/aromatic N) is 1. The lowest BCUT2D eigenvalue weighted by molar-refractivity contribution is 0.337. The molecule has 86 valence electrons. The van der Waals surface area contributed by atoms with Crippen LogP contribution in [0.5, 0.6) is 0 Å². The molecule has 2 nitrogen and oxygen atoms in total. The van der Waals surface area contributed by atoms with Crippen molar-refractivity contribution in [3.63, 3.8) is 0 Å². The number of likely N-dealkylation sites (N-methyl/N-ethyl adjacent to an activating group) is 1. The van der Waals surface area contributed by atoms with Crippen LogP contribution in [-0.2, 0) is 0 Å². The van der Waals surface area contributed by atoms with E-state index in [1.807, 2.05) is 0 Å². The van der Waals surface area contributed by atoms with Crippen molar-refractivity contribution < 1.29 is 0 Å². The molecule has 15 heavy (non-hydrogen) atoms. The highest BCUT2D eigenvalue weighted by Crippen LogP contribution is 2.15. The molecule has 0 amide bonds. The highest BCUT2D eigenvalue weighted by Gasteiger charge is 2.04. The van der Waals surface area contributed by atoms with E-state index < -0.39 is 0 Å². The normalized spacial score (nSPS) is 20.5. The number of alkyl halides is 1. The van der Waals surface area contributed by atoms with Gasteiger partial charge in [0.05, 0.1) is 0 Å². The number of nitrogens with one attached hydrogen (secondary N) is 1. The van der Waals surface area contributed by atoms with Crippen LogP contribution in [0.25, 0.3) is 0 Å². The maximum absolute atomic E-state index is 3.46.